The van der Waals surface area contributed by atoms with Crippen molar-refractivity contribution in [2.75, 3.05) is 49.2 Å². The maximum Gasteiger partial charge on any atom is 0.416 e. The van der Waals surface area contributed by atoms with Gasteiger partial charge in [-0.05, 0) is 61.3 Å². The van der Waals surface area contributed by atoms with Crippen molar-refractivity contribution in [2.24, 2.45) is 0 Å². The number of rotatable bonds is 7. The summed E-state index contributed by atoms with van der Waals surface area (Å²) < 4.78 is 61.3. The molecule has 1 aliphatic heterocycles. The number of carbonyl (C=O) groups is 1. The number of benzene rings is 2. The largest absolute Gasteiger partial charge is 0.416 e. The summed E-state index contributed by atoms with van der Waals surface area (Å²) in [6.07, 6.45) is -1.69. The second kappa shape index (κ2) is 11.9. The van der Waals surface area contributed by atoms with Gasteiger partial charge in [0.15, 0.2) is 5.82 Å². The Bertz CT molecular complexity index is 1570. The third kappa shape index (κ3) is 6.53. The van der Waals surface area contributed by atoms with Crippen LogP contribution in [0.2, 0.25) is 5.02 Å². The van der Waals surface area contributed by atoms with Gasteiger partial charge in [-0.3, -0.25) is 4.90 Å². The predicted molar refractivity (Wildman–Crippen MR) is 147 cm³/mol. The van der Waals surface area contributed by atoms with Crippen LogP contribution >= 0.6 is 11.6 Å². The molecule has 9 nitrogen and oxygen atoms in total. The van der Waals surface area contributed by atoms with E-state index in [1.807, 2.05) is 6.07 Å². The molecule has 3 heterocycles. The van der Waals surface area contributed by atoms with Crippen LogP contribution in [0.5, 0.6) is 0 Å². The number of aryl methyl sites for hydroxylation is 1. The standard InChI is InChI=1S/C27H26ClF4N7O2/c28-20-5-4-17(27(30,31)32)13-23(20)37-26(40)36-22-6-3-16(12-21(22)29)19-14-18(39-24(19)25(33)34-15-35-39)2-1-7-38-8-10-41-11-9-38/h3-6,12-15H,1-2,7-11H2,(H2,33,34,35)(H2,36,37,40). The topological polar surface area (TPSA) is 110 Å². The van der Waals surface area contributed by atoms with Gasteiger partial charge in [-0.2, -0.15) is 18.3 Å². The summed E-state index contributed by atoms with van der Waals surface area (Å²) in [4.78, 5) is 18.9. The van der Waals surface area contributed by atoms with E-state index in [0.29, 0.717) is 29.1 Å². The lowest BCUT2D eigenvalue weighted by molar-refractivity contribution is -0.137. The van der Waals surface area contributed by atoms with E-state index < -0.39 is 23.6 Å². The van der Waals surface area contributed by atoms with Crippen molar-refractivity contribution in [3.05, 3.63) is 70.9 Å². The fourth-order valence-corrected chi connectivity index (χ4v) is 4.86. The van der Waals surface area contributed by atoms with Crippen LogP contribution < -0.4 is 16.4 Å². The number of amides is 2. The van der Waals surface area contributed by atoms with E-state index in [1.165, 1.54) is 18.5 Å². The normalized spacial score (nSPS) is 14.4. The zero-order valence-electron chi connectivity index (χ0n) is 21.6. The van der Waals surface area contributed by atoms with Gasteiger partial charge >= 0.3 is 12.2 Å². The van der Waals surface area contributed by atoms with Gasteiger partial charge in [0.2, 0.25) is 0 Å². The number of halogens is 5. The second-order valence-electron chi connectivity index (χ2n) is 9.48. The molecule has 1 fully saturated rings. The van der Waals surface area contributed by atoms with Crippen LogP contribution in [-0.2, 0) is 17.3 Å². The van der Waals surface area contributed by atoms with Gasteiger partial charge in [-0.25, -0.2) is 18.7 Å². The molecule has 0 bridgehead atoms. The third-order valence-corrected chi connectivity index (χ3v) is 7.07. The molecule has 0 aliphatic carbocycles. The first kappa shape index (κ1) is 28.6. The third-order valence-electron chi connectivity index (χ3n) is 6.74. The highest BCUT2D eigenvalue weighted by Crippen LogP contribution is 2.35. The SMILES string of the molecule is Nc1ncnn2c(CCCN3CCOCC3)cc(-c3ccc(NC(=O)Nc4cc(C(F)(F)F)ccc4Cl)c(F)c3)c12. The lowest BCUT2D eigenvalue weighted by atomic mass is 10.1. The Morgan fingerprint density at radius 2 is 1.83 bits per heavy atom. The van der Waals surface area contributed by atoms with Crippen molar-refractivity contribution >= 4 is 40.3 Å². The zero-order valence-corrected chi connectivity index (χ0v) is 22.4. The average molecular weight is 592 g/mol. The molecule has 4 N–H and O–H groups in total. The summed E-state index contributed by atoms with van der Waals surface area (Å²) in [5.74, 6) is -0.536. The summed E-state index contributed by atoms with van der Waals surface area (Å²) in [5, 5.41) is 8.78. The number of aromatic nitrogens is 3. The average Bonchev–Trinajstić information content (AvgIpc) is 3.31. The number of nitrogens with two attached hydrogens (primary N) is 1. The zero-order chi connectivity index (χ0) is 29.1. The Balaban J connectivity index is 1.33. The van der Waals surface area contributed by atoms with Crippen LogP contribution in [0.1, 0.15) is 17.7 Å². The minimum Gasteiger partial charge on any atom is -0.382 e. The van der Waals surface area contributed by atoms with Crippen LogP contribution in [0.15, 0.2) is 48.8 Å². The van der Waals surface area contributed by atoms with Crippen LogP contribution in [-0.4, -0.2) is 58.4 Å². The van der Waals surface area contributed by atoms with Crippen LogP contribution in [0.3, 0.4) is 0 Å². The van der Waals surface area contributed by atoms with Crippen LogP contribution in [0.25, 0.3) is 16.6 Å². The highest BCUT2D eigenvalue weighted by Gasteiger charge is 2.31. The second-order valence-corrected chi connectivity index (χ2v) is 9.89. The Kier molecular flexibility index (Phi) is 8.29. The highest BCUT2D eigenvalue weighted by molar-refractivity contribution is 6.33. The fraction of sp³-hybridized carbons (Fsp3) is 0.296. The van der Waals surface area contributed by atoms with E-state index in [2.05, 4.69) is 25.6 Å². The smallest absolute Gasteiger partial charge is 0.382 e. The van der Waals surface area contributed by atoms with Gasteiger partial charge in [-0.15, -0.1) is 0 Å². The number of anilines is 3. The minimum atomic E-state index is -4.63. The molecule has 5 rings (SSSR count). The Labute approximate surface area is 237 Å². The molecule has 216 valence electrons. The molecule has 0 radical (unpaired) electrons. The maximum atomic E-state index is 15.1. The fourth-order valence-electron chi connectivity index (χ4n) is 4.70. The molecular weight excluding hydrogens is 566 g/mol. The summed E-state index contributed by atoms with van der Waals surface area (Å²) >= 11 is 5.93. The summed E-state index contributed by atoms with van der Waals surface area (Å²) in [6.45, 7) is 4.12. The van der Waals surface area contributed by atoms with Crippen molar-refractivity contribution in [3.63, 3.8) is 0 Å². The van der Waals surface area contributed by atoms with E-state index in [1.54, 1.807) is 10.6 Å². The molecule has 0 spiro atoms. The van der Waals surface area contributed by atoms with E-state index >= 15 is 4.39 Å². The van der Waals surface area contributed by atoms with E-state index in [4.69, 9.17) is 22.1 Å². The van der Waals surface area contributed by atoms with E-state index in [9.17, 15) is 18.0 Å². The van der Waals surface area contributed by atoms with Gasteiger partial charge in [0.1, 0.15) is 17.7 Å². The molecule has 2 amide bonds. The molecule has 0 saturated carbocycles. The van der Waals surface area contributed by atoms with E-state index in [0.717, 1.165) is 57.1 Å². The summed E-state index contributed by atoms with van der Waals surface area (Å²) in [5.41, 5.74) is 7.25. The molecule has 0 atom stereocenters. The molecule has 2 aromatic carbocycles. The van der Waals surface area contributed by atoms with Gasteiger partial charge in [0.25, 0.3) is 0 Å². The molecule has 4 aromatic rings. The van der Waals surface area contributed by atoms with E-state index in [-0.39, 0.29) is 22.2 Å². The number of carbonyl (C=O) groups excluding carboxylic acids is 1. The lowest BCUT2D eigenvalue weighted by Gasteiger charge is -2.26. The summed E-state index contributed by atoms with van der Waals surface area (Å²) in [6, 6.07) is 7.61. The number of nitrogens with zero attached hydrogens (tertiary/aromatic N) is 4. The van der Waals surface area contributed by atoms with Gasteiger partial charge in [0.05, 0.1) is 35.2 Å². The molecule has 14 heteroatoms. The molecular formula is C27H26ClF4N7O2. The van der Waals surface area contributed by atoms with Crippen molar-refractivity contribution in [3.8, 4) is 11.1 Å². The monoisotopic (exact) mass is 591 g/mol. The number of nitrogen functional groups attached to an aromatic ring is 1. The molecule has 0 unspecified atom stereocenters. The first-order chi connectivity index (χ1) is 19.6. The van der Waals surface area contributed by atoms with Crippen molar-refractivity contribution in [1.82, 2.24) is 19.5 Å². The number of urea groups is 1. The molecule has 1 aliphatic rings. The van der Waals surface area contributed by atoms with Crippen LogP contribution in [0.4, 0.5) is 39.5 Å². The number of morpholine rings is 1. The lowest BCUT2D eigenvalue weighted by Crippen LogP contribution is -2.37. The first-order valence-corrected chi connectivity index (χ1v) is 13.1. The number of ether oxygens (including phenoxy) is 1. The van der Waals surface area contributed by atoms with Crippen molar-refractivity contribution in [2.45, 2.75) is 19.0 Å². The van der Waals surface area contributed by atoms with Gasteiger partial charge in [-0.1, -0.05) is 17.7 Å². The minimum absolute atomic E-state index is 0.106. The number of alkyl halides is 3. The molecule has 41 heavy (non-hydrogen) atoms. The first-order valence-electron chi connectivity index (χ1n) is 12.8. The number of nitrogens with one attached hydrogen (secondary N) is 2. The van der Waals surface area contributed by atoms with Crippen LogP contribution in [0, 0.1) is 5.82 Å². The molecule has 1 saturated heterocycles. The number of fused-ring (bicyclic) bond motifs is 1. The van der Waals surface area contributed by atoms with Crippen molar-refractivity contribution in [1.29, 1.82) is 0 Å². The molecule has 2 aromatic heterocycles. The predicted octanol–water partition coefficient (Wildman–Crippen LogP) is 5.70. The highest BCUT2D eigenvalue weighted by atomic mass is 35.5. The summed E-state index contributed by atoms with van der Waals surface area (Å²) in [7, 11) is 0. The number of hydrogen-bond acceptors (Lipinski definition) is 6. The Morgan fingerprint density at radius 1 is 1.07 bits per heavy atom. The Morgan fingerprint density at radius 3 is 2.56 bits per heavy atom. The van der Waals surface area contributed by atoms with Gasteiger partial charge < -0.3 is 21.1 Å². The van der Waals surface area contributed by atoms with Gasteiger partial charge in [0, 0.05) is 24.3 Å². The quantitative estimate of drug-likeness (QED) is 0.238. The maximum absolute atomic E-state index is 15.1. The van der Waals surface area contributed by atoms with Crippen molar-refractivity contribution < 1.29 is 27.1 Å². The number of hydrogen-bond donors (Lipinski definition) is 3. The Hall–Kier alpha value is -3.94.